The number of carbonyl (C=O) groups excluding carboxylic acids is 1. The van der Waals surface area contributed by atoms with Gasteiger partial charge in [0.15, 0.2) is 0 Å². The molecule has 2 heterocycles. The first-order valence-electron chi connectivity index (χ1n) is 8.88. The van der Waals surface area contributed by atoms with Crippen LogP contribution in [0.15, 0.2) is 18.3 Å². The van der Waals surface area contributed by atoms with Crippen LogP contribution >= 0.6 is 11.3 Å². The van der Waals surface area contributed by atoms with E-state index in [1.165, 1.54) is 43.4 Å². The average molecular weight is 362 g/mol. The summed E-state index contributed by atoms with van der Waals surface area (Å²) in [4.78, 5) is 18.5. The van der Waals surface area contributed by atoms with Crippen LogP contribution in [0.5, 0.6) is 0 Å². The molecule has 0 atom stereocenters. The van der Waals surface area contributed by atoms with Crippen molar-refractivity contribution in [2.24, 2.45) is 0 Å². The van der Waals surface area contributed by atoms with Gasteiger partial charge in [0.25, 0.3) is 5.91 Å². The molecular weight excluding hydrogens is 334 g/mol. The molecule has 7 heteroatoms. The quantitative estimate of drug-likeness (QED) is 0.644. The first-order chi connectivity index (χ1) is 12.1. The third-order valence-corrected chi connectivity index (χ3v) is 4.78. The lowest BCUT2D eigenvalue weighted by atomic mass is 10.1. The van der Waals surface area contributed by atoms with Gasteiger partial charge < -0.3 is 4.90 Å². The normalized spacial score (nSPS) is 10.7. The maximum atomic E-state index is 12.5. The topological polar surface area (TPSA) is 71.0 Å². The van der Waals surface area contributed by atoms with E-state index < -0.39 is 0 Å². The second-order valence-corrected chi connectivity index (χ2v) is 7.30. The summed E-state index contributed by atoms with van der Waals surface area (Å²) in [5.74, 6) is 0.427. The van der Waals surface area contributed by atoms with Gasteiger partial charge >= 0.3 is 0 Å². The highest BCUT2D eigenvalue weighted by Gasteiger charge is 2.15. The standard InChI is InChI=1S/C18H27N5OS/c1-4-5-6-7-8-9-12-15-21-22-18(25-15)20-17(24)14-11-10-13-19-16(14)23(2)3/h10-11,13H,4-9,12H2,1-3H3,(H,20,22,24). The molecule has 6 nitrogen and oxygen atoms in total. The van der Waals surface area contributed by atoms with Gasteiger partial charge in [-0.25, -0.2) is 4.98 Å². The number of unbranched alkanes of at least 4 members (excludes halogenated alkanes) is 5. The summed E-state index contributed by atoms with van der Waals surface area (Å²) in [6.07, 6.45) is 10.1. The Labute approximate surface area is 153 Å². The Morgan fingerprint density at radius 1 is 1.16 bits per heavy atom. The highest BCUT2D eigenvalue weighted by molar-refractivity contribution is 7.15. The number of carbonyl (C=O) groups is 1. The van der Waals surface area contributed by atoms with Crippen LogP contribution in [-0.2, 0) is 6.42 Å². The molecule has 0 saturated carbocycles. The van der Waals surface area contributed by atoms with Crippen molar-refractivity contribution < 1.29 is 4.79 Å². The van der Waals surface area contributed by atoms with Crippen molar-refractivity contribution in [3.05, 3.63) is 28.9 Å². The van der Waals surface area contributed by atoms with Crippen molar-refractivity contribution in [1.82, 2.24) is 15.2 Å². The fourth-order valence-corrected chi connectivity index (χ4v) is 3.33. The Morgan fingerprint density at radius 3 is 2.68 bits per heavy atom. The lowest BCUT2D eigenvalue weighted by Gasteiger charge is -2.14. The molecule has 0 aliphatic carbocycles. The van der Waals surface area contributed by atoms with E-state index in [0.29, 0.717) is 16.5 Å². The predicted molar refractivity (Wildman–Crippen MR) is 104 cm³/mol. The molecule has 0 unspecified atom stereocenters. The molecule has 2 aromatic heterocycles. The van der Waals surface area contributed by atoms with Crippen molar-refractivity contribution >= 4 is 28.2 Å². The number of nitrogens with one attached hydrogen (secondary N) is 1. The van der Waals surface area contributed by atoms with Gasteiger partial charge in [0, 0.05) is 26.7 Å². The minimum Gasteiger partial charge on any atom is -0.362 e. The van der Waals surface area contributed by atoms with Crippen LogP contribution < -0.4 is 10.2 Å². The van der Waals surface area contributed by atoms with E-state index in [0.717, 1.165) is 17.8 Å². The zero-order valence-electron chi connectivity index (χ0n) is 15.3. The summed E-state index contributed by atoms with van der Waals surface area (Å²) in [6, 6.07) is 3.52. The number of rotatable bonds is 10. The summed E-state index contributed by atoms with van der Waals surface area (Å²) in [7, 11) is 3.73. The summed E-state index contributed by atoms with van der Waals surface area (Å²) < 4.78 is 0. The Balaban J connectivity index is 1.85. The van der Waals surface area contributed by atoms with Crippen molar-refractivity contribution in [3.63, 3.8) is 0 Å². The molecule has 1 N–H and O–H groups in total. The van der Waals surface area contributed by atoms with Gasteiger partial charge in [0.1, 0.15) is 10.8 Å². The molecule has 0 radical (unpaired) electrons. The molecule has 2 aromatic rings. The van der Waals surface area contributed by atoms with E-state index in [1.54, 1.807) is 18.3 Å². The molecule has 25 heavy (non-hydrogen) atoms. The van der Waals surface area contributed by atoms with E-state index in [-0.39, 0.29) is 5.91 Å². The third-order valence-electron chi connectivity index (χ3n) is 3.89. The van der Waals surface area contributed by atoms with Crippen LogP contribution in [0.3, 0.4) is 0 Å². The van der Waals surface area contributed by atoms with Crippen LogP contribution in [0, 0.1) is 0 Å². The molecule has 0 fully saturated rings. The summed E-state index contributed by atoms with van der Waals surface area (Å²) in [6.45, 7) is 2.23. The van der Waals surface area contributed by atoms with Crippen molar-refractivity contribution in [2.45, 2.75) is 51.9 Å². The van der Waals surface area contributed by atoms with E-state index >= 15 is 0 Å². The van der Waals surface area contributed by atoms with E-state index in [4.69, 9.17) is 0 Å². The van der Waals surface area contributed by atoms with Gasteiger partial charge in [0.2, 0.25) is 5.13 Å². The Morgan fingerprint density at radius 2 is 1.92 bits per heavy atom. The molecule has 0 aliphatic heterocycles. The van der Waals surface area contributed by atoms with Crippen LogP contribution in [0.1, 0.15) is 60.8 Å². The van der Waals surface area contributed by atoms with Crippen LogP contribution in [-0.4, -0.2) is 35.2 Å². The first kappa shape index (κ1) is 19.3. The number of pyridine rings is 1. The smallest absolute Gasteiger partial charge is 0.261 e. The number of nitrogens with zero attached hydrogens (tertiary/aromatic N) is 4. The Bertz CT molecular complexity index is 671. The van der Waals surface area contributed by atoms with Crippen LogP contribution in [0.2, 0.25) is 0 Å². The summed E-state index contributed by atoms with van der Waals surface area (Å²) in [5.41, 5.74) is 0.528. The Hall–Kier alpha value is -2.02. The molecule has 1 amide bonds. The number of hydrogen-bond donors (Lipinski definition) is 1. The first-order valence-corrected chi connectivity index (χ1v) is 9.69. The molecule has 0 spiro atoms. The summed E-state index contributed by atoms with van der Waals surface area (Å²) >= 11 is 1.45. The molecule has 0 aromatic carbocycles. The van der Waals surface area contributed by atoms with E-state index in [2.05, 4.69) is 27.4 Å². The van der Waals surface area contributed by atoms with Crippen molar-refractivity contribution in [1.29, 1.82) is 0 Å². The fraction of sp³-hybridized carbons (Fsp3) is 0.556. The summed E-state index contributed by atoms with van der Waals surface area (Å²) in [5, 5.41) is 12.6. The van der Waals surface area contributed by atoms with Gasteiger partial charge in [-0.3, -0.25) is 10.1 Å². The Kier molecular flexibility index (Phi) is 7.78. The van der Waals surface area contributed by atoms with Gasteiger partial charge in [-0.15, -0.1) is 10.2 Å². The lowest BCUT2D eigenvalue weighted by Crippen LogP contribution is -2.19. The monoisotopic (exact) mass is 361 g/mol. The predicted octanol–water partition coefficient (Wildman–Crippen LogP) is 4.15. The maximum absolute atomic E-state index is 12.5. The number of aryl methyl sites for hydroxylation is 1. The maximum Gasteiger partial charge on any atom is 0.261 e. The minimum atomic E-state index is -0.209. The molecule has 2 rings (SSSR count). The molecule has 0 bridgehead atoms. The van der Waals surface area contributed by atoms with E-state index in [9.17, 15) is 4.79 Å². The second kappa shape index (κ2) is 10.1. The molecule has 0 aliphatic rings. The number of anilines is 2. The van der Waals surface area contributed by atoms with Gasteiger partial charge in [0.05, 0.1) is 5.56 Å². The number of aromatic nitrogens is 3. The highest BCUT2D eigenvalue weighted by atomic mass is 32.1. The van der Waals surface area contributed by atoms with Gasteiger partial charge in [-0.2, -0.15) is 0 Å². The highest BCUT2D eigenvalue weighted by Crippen LogP contribution is 2.21. The van der Waals surface area contributed by atoms with Crippen LogP contribution in [0.25, 0.3) is 0 Å². The van der Waals surface area contributed by atoms with Crippen molar-refractivity contribution in [3.8, 4) is 0 Å². The molecular formula is C18H27N5OS. The average Bonchev–Trinajstić information content (AvgIpc) is 3.05. The lowest BCUT2D eigenvalue weighted by molar-refractivity contribution is 0.102. The zero-order chi connectivity index (χ0) is 18.1. The van der Waals surface area contributed by atoms with Crippen molar-refractivity contribution in [2.75, 3.05) is 24.3 Å². The number of amides is 1. The van der Waals surface area contributed by atoms with Crippen LogP contribution in [0.4, 0.5) is 10.9 Å². The minimum absolute atomic E-state index is 0.209. The zero-order valence-corrected chi connectivity index (χ0v) is 16.1. The SMILES string of the molecule is CCCCCCCCc1nnc(NC(=O)c2cccnc2N(C)C)s1. The third kappa shape index (κ3) is 6.08. The number of hydrogen-bond acceptors (Lipinski definition) is 6. The van der Waals surface area contributed by atoms with Gasteiger partial charge in [-0.1, -0.05) is 50.4 Å². The van der Waals surface area contributed by atoms with Gasteiger partial charge in [-0.05, 0) is 18.6 Å². The largest absolute Gasteiger partial charge is 0.362 e. The molecule has 136 valence electrons. The van der Waals surface area contributed by atoms with E-state index in [1.807, 2.05) is 19.0 Å². The molecule has 0 saturated heterocycles. The second-order valence-electron chi connectivity index (χ2n) is 6.24. The fourth-order valence-electron chi connectivity index (χ4n) is 2.56.